The Balaban J connectivity index is 1.53. The van der Waals surface area contributed by atoms with E-state index in [0.717, 1.165) is 17.7 Å². The lowest BCUT2D eigenvalue weighted by Gasteiger charge is -2.18. The number of carbonyl (C=O) groups excluding carboxylic acids is 2. The van der Waals surface area contributed by atoms with Crippen molar-refractivity contribution in [2.45, 2.75) is 18.6 Å². The summed E-state index contributed by atoms with van der Waals surface area (Å²) in [6, 6.07) is 19.4. The van der Waals surface area contributed by atoms with Gasteiger partial charge in [0.2, 0.25) is 0 Å². The first kappa shape index (κ1) is 28.6. The number of hydrogen-bond donors (Lipinski definition) is 2. The first-order chi connectivity index (χ1) is 19.0. The number of carbonyl (C=O) groups is 2. The summed E-state index contributed by atoms with van der Waals surface area (Å²) < 4.78 is 57.1. The zero-order chi connectivity index (χ0) is 29.0. The molecular formula is C30H23ClF4N2O3. The summed E-state index contributed by atoms with van der Waals surface area (Å²) in [7, 11) is 1.20. The van der Waals surface area contributed by atoms with Gasteiger partial charge in [0.1, 0.15) is 11.9 Å². The summed E-state index contributed by atoms with van der Waals surface area (Å²) in [6.45, 7) is 0. The van der Waals surface area contributed by atoms with Gasteiger partial charge in [-0.1, -0.05) is 60.1 Å². The normalized spacial score (nSPS) is 12.1. The number of nitrogens with one attached hydrogen (secondary N) is 1. The second-order valence-electron chi connectivity index (χ2n) is 8.96. The lowest BCUT2D eigenvalue weighted by atomic mass is 9.99. The maximum absolute atomic E-state index is 13.5. The number of hydrogen-bond acceptors (Lipinski definition) is 4. The molecule has 0 fully saturated rings. The van der Waals surface area contributed by atoms with Crippen molar-refractivity contribution in [2.24, 2.45) is 0 Å². The third-order valence-corrected chi connectivity index (χ3v) is 6.57. The van der Waals surface area contributed by atoms with Gasteiger partial charge >= 0.3 is 12.1 Å². The molecule has 0 heterocycles. The lowest BCUT2D eigenvalue weighted by Crippen LogP contribution is -2.43. The molecular weight excluding hydrogens is 548 g/mol. The molecule has 1 atom stereocenters. The minimum atomic E-state index is -4.47. The number of nitrogen functional groups attached to an aromatic ring is 1. The second-order valence-corrected chi connectivity index (χ2v) is 9.36. The fourth-order valence-corrected chi connectivity index (χ4v) is 4.28. The van der Waals surface area contributed by atoms with E-state index < -0.39 is 35.5 Å². The first-order valence-electron chi connectivity index (χ1n) is 12.0. The lowest BCUT2D eigenvalue weighted by molar-refractivity contribution is -0.143. The van der Waals surface area contributed by atoms with Gasteiger partial charge in [-0.15, -0.1) is 0 Å². The fraction of sp³-hybridized carbons (Fsp3) is 0.133. The number of nitrogens with two attached hydrogens (primary N) is 1. The molecule has 4 aromatic carbocycles. The van der Waals surface area contributed by atoms with Crippen LogP contribution in [0.25, 0.3) is 22.3 Å². The van der Waals surface area contributed by atoms with Crippen LogP contribution in [-0.4, -0.2) is 25.0 Å². The Morgan fingerprint density at radius 2 is 1.43 bits per heavy atom. The number of anilines is 1. The molecule has 0 spiro atoms. The van der Waals surface area contributed by atoms with E-state index in [1.165, 1.54) is 43.5 Å². The molecule has 206 valence electrons. The van der Waals surface area contributed by atoms with Gasteiger partial charge in [0.15, 0.2) is 0 Å². The Labute approximate surface area is 232 Å². The van der Waals surface area contributed by atoms with Gasteiger partial charge in [-0.25, -0.2) is 9.18 Å². The van der Waals surface area contributed by atoms with E-state index in [9.17, 15) is 27.2 Å². The van der Waals surface area contributed by atoms with Crippen LogP contribution >= 0.6 is 11.6 Å². The number of benzene rings is 4. The average molecular weight is 571 g/mol. The van der Waals surface area contributed by atoms with Crippen molar-refractivity contribution in [3.8, 4) is 22.3 Å². The van der Waals surface area contributed by atoms with Crippen molar-refractivity contribution in [3.63, 3.8) is 0 Å². The number of alkyl halides is 3. The molecule has 0 unspecified atom stereocenters. The Bertz CT molecular complexity index is 1540. The molecule has 0 aromatic heterocycles. The molecule has 0 saturated heterocycles. The van der Waals surface area contributed by atoms with Crippen LogP contribution < -0.4 is 11.1 Å². The monoisotopic (exact) mass is 570 g/mol. The van der Waals surface area contributed by atoms with Crippen LogP contribution in [0.3, 0.4) is 0 Å². The largest absolute Gasteiger partial charge is 0.467 e. The van der Waals surface area contributed by atoms with Crippen LogP contribution in [0.1, 0.15) is 21.5 Å². The van der Waals surface area contributed by atoms with E-state index in [4.69, 9.17) is 22.1 Å². The standard InChI is InChI=1S/C30H23ClF4N2O3/c1-40-29(39)27(14-17-2-4-18(5-3-17)21-8-12-25(32)24(31)16-21)37-28(38)23-15-20(9-13-26(23)36)19-6-10-22(11-7-19)30(33,34)35/h2-13,15-16,27H,14,36H2,1H3,(H,37,38)/t27-/m1/s1. The highest BCUT2D eigenvalue weighted by atomic mass is 35.5. The Morgan fingerprint density at radius 1 is 0.875 bits per heavy atom. The van der Waals surface area contributed by atoms with Crippen LogP contribution in [0.2, 0.25) is 5.02 Å². The van der Waals surface area contributed by atoms with Crippen molar-refractivity contribution < 1.29 is 31.9 Å². The Kier molecular flexibility index (Phi) is 8.44. The van der Waals surface area contributed by atoms with Crippen molar-refractivity contribution in [1.82, 2.24) is 5.32 Å². The van der Waals surface area contributed by atoms with Crippen molar-refractivity contribution in [1.29, 1.82) is 0 Å². The van der Waals surface area contributed by atoms with E-state index in [-0.39, 0.29) is 22.7 Å². The molecule has 40 heavy (non-hydrogen) atoms. The molecule has 0 aliphatic rings. The molecule has 0 aliphatic heterocycles. The number of rotatable bonds is 7. The van der Waals surface area contributed by atoms with Crippen LogP contribution in [0, 0.1) is 5.82 Å². The Morgan fingerprint density at radius 3 is 2.00 bits per heavy atom. The number of amides is 1. The van der Waals surface area contributed by atoms with E-state index in [1.807, 2.05) is 0 Å². The minimum absolute atomic E-state index is 0.00305. The van der Waals surface area contributed by atoms with Crippen molar-refractivity contribution in [2.75, 3.05) is 12.8 Å². The molecule has 5 nitrogen and oxygen atoms in total. The van der Waals surface area contributed by atoms with E-state index >= 15 is 0 Å². The fourth-order valence-electron chi connectivity index (χ4n) is 4.10. The predicted molar refractivity (Wildman–Crippen MR) is 145 cm³/mol. The second kappa shape index (κ2) is 11.8. The number of esters is 1. The summed E-state index contributed by atoms with van der Waals surface area (Å²) in [5, 5.41) is 2.64. The molecule has 4 rings (SSSR count). The Hall–Kier alpha value is -4.37. The molecule has 0 aliphatic carbocycles. The number of halogens is 5. The predicted octanol–water partition coefficient (Wildman–Crippen LogP) is 6.93. The number of ether oxygens (including phenoxy) is 1. The minimum Gasteiger partial charge on any atom is -0.467 e. The molecule has 4 aromatic rings. The quantitative estimate of drug-likeness (QED) is 0.143. The van der Waals surface area contributed by atoms with Crippen molar-refractivity contribution in [3.05, 3.63) is 112 Å². The molecule has 1 amide bonds. The first-order valence-corrected chi connectivity index (χ1v) is 12.3. The summed E-state index contributed by atoms with van der Waals surface area (Å²) in [4.78, 5) is 25.7. The van der Waals surface area contributed by atoms with E-state index in [1.54, 1.807) is 36.4 Å². The van der Waals surface area contributed by atoms with Gasteiger partial charge in [-0.2, -0.15) is 13.2 Å². The molecule has 3 N–H and O–H groups in total. The molecule has 0 radical (unpaired) electrons. The maximum atomic E-state index is 13.5. The molecule has 10 heteroatoms. The van der Waals surface area contributed by atoms with E-state index in [2.05, 4.69) is 5.32 Å². The topological polar surface area (TPSA) is 81.4 Å². The molecule has 0 bridgehead atoms. The zero-order valence-electron chi connectivity index (χ0n) is 21.1. The highest BCUT2D eigenvalue weighted by Gasteiger charge is 2.30. The highest BCUT2D eigenvalue weighted by Crippen LogP contribution is 2.32. The summed E-state index contributed by atoms with van der Waals surface area (Å²) >= 11 is 5.88. The van der Waals surface area contributed by atoms with Crippen LogP contribution in [0.5, 0.6) is 0 Å². The van der Waals surface area contributed by atoms with E-state index in [0.29, 0.717) is 22.3 Å². The zero-order valence-corrected chi connectivity index (χ0v) is 21.8. The maximum Gasteiger partial charge on any atom is 0.416 e. The smallest absolute Gasteiger partial charge is 0.416 e. The summed E-state index contributed by atoms with van der Waals surface area (Å²) in [5.41, 5.74) is 8.52. The third-order valence-electron chi connectivity index (χ3n) is 6.28. The highest BCUT2D eigenvalue weighted by molar-refractivity contribution is 6.31. The van der Waals surface area contributed by atoms with Crippen LogP contribution in [-0.2, 0) is 22.1 Å². The SMILES string of the molecule is COC(=O)[C@@H](Cc1ccc(-c2ccc(F)c(Cl)c2)cc1)NC(=O)c1cc(-c2ccc(C(F)(F)F)cc2)ccc1N. The van der Waals surface area contributed by atoms with Gasteiger partial charge < -0.3 is 15.8 Å². The number of methoxy groups -OCH3 is 1. The van der Waals surface area contributed by atoms with Crippen molar-refractivity contribution >= 4 is 29.2 Å². The van der Waals surface area contributed by atoms with Crippen LogP contribution in [0.15, 0.2) is 84.9 Å². The van der Waals surface area contributed by atoms with Gasteiger partial charge in [0.05, 0.1) is 23.3 Å². The van der Waals surface area contributed by atoms with Gasteiger partial charge in [-0.3, -0.25) is 4.79 Å². The third kappa shape index (κ3) is 6.60. The molecule has 0 saturated carbocycles. The summed E-state index contributed by atoms with van der Waals surface area (Å²) in [6.07, 6.45) is -4.37. The van der Waals surface area contributed by atoms with Gasteiger partial charge in [0, 0.05) is 12.1 Å². The summed E-state index contributed by atoms with van der Waals surface area (Å²) in [5.74, 6) is -1.86. The van der Waals surface area contributed by atoms with Crippen LogP contribution in [0.4, 0.5) is 23.2 Å². The van der Waals surface area contributed by atoms with Gasteiger partial charge in [0.25, 0.3) is 5.91 Å². The van der Waals surface area contributed by atoms with Gasteiger partial charge in [-0.05, 0) is 64.2 Å². The average Bonchev–Trinajstić information content (AvgIpc) is 2.94.